The number of halogens is 3. The van der Waals surface area contributed by atoms with Crippen LogP contribution in [0.5, 0.6) is 0 Å². The maximum absolute atomic E-state index is 11.8. The van der Waals surface area contributed by atoms with E-state index in [0.29, 0.717) is 4.31 Å². The van der Waals surface area contributed by atoms with E-state index in [1.807, 2.05) is 0 Å². The molecule has 0 atom stereocenters. The fraction of sp³-hybridized carbons (Fsp3) is 1.00. The number of alkyl halides is 3. The molecule has 0 aliphatic carbocycles. The van der Waals surface area contributed by atoms with Gasteiger partial charge >= 0.3 is 6.18 Å². The van der Waals surface area contributed by atoms with Crippen molar-refractivity contribution in [1.82, 2.24) is 4.31 Å². The van der Waals surface area contributed by atoms with E-state index < -0.39 is 35.4 Å². The lowest BCUT2D eigenvalue weighted by Crippen LogP contribution is -2.57. The zero-order valence-electron chi connectivity index (χ0n) is 5.87. The first kappa shape index (κ1) is 9.75. The molecule has 72 valence electrons. The normalized spacial score (nSPS) is 22.3. The molecule has 12 heavy (non-hydrogen) atoms. The predicted molar refractivity (Wildman–Crippen MR) is 34.2 cm³/mol. The average molecular weight is 204 g/mol. The van der Waals surface area contributed by atoms with Crippen LogP contribution < -0.4 is 5.14 Å². The summed E-state index contributed by atoms with van der Waals surface area (Å²) in [5, 5.41) is 4.58. The average Bonchev–Trinajstić information content (AvgIpc) is 1.46. The molecule has 0 saturated carbocycles. The van der Waals surface area contributed by atoms with Crippen LogP contribution >= 0.6 is 0 Å². The van der Waals surface area contributed by atoms with Gasteiger partial charge in [-0.05, 0) is 0 Å². The summed E-state index contributed by atoms with van der Waals surface area (Å²) in [7, 11) is -3.93. The monoisotopic (exact) mass is 204 g/mol. The first-order chi connectivity index (χ1) is 5.21. The summed E-state index contributed by atoms with van der Waals surface area (Å²) in [5.41, 5.74) is 0. The molecule has 0 spiro atoms. The van der Waals surface area contributed by atoms with Crippen molar-refractivity contribution >= 4 is 10.2 Å². The van der Waals surface area contributed by atoms with Crippen LogP contribution in [-0.2, 0) is 10.2 Å². The molecule has 1 heterocycles. The number of hydrogen-bond acceptors (Lipinski definition) is 2. The van der Waals surface area contributed by atoms with Gasteiger partial charge in [0.2, 0.25) is 0 Å². The molecule has 0 radical (unpaired) electrons. The highest BCUT2D eigenvalue weighted by atomic mass is 32.2. The largest absolute Gasteiger partial charge is 0.394 e. The van der Waals surface area contributed by atoms with Crippen LogP contribution in [0.2, 0.25) is 0 Å². The van der Waals surface area contributed by atoms with E-state index in [-0.39, 0.29) is 0 Å². The first-order valence-electron chi connectivity index (χ1n) is 3.06. The van der Waals surface area contributed by atoms with E-state index in [9.17, 15) is 21.6 Å². The Labute approximate surface area is 67.3 Å². The van der Waals surface area contributed by atoms with Crippen LogP contribution in [0.3, 0.4) is 0 Å². The quantitative estimate of drug-likeness (QED) is 0.636. The third-order valence-corrected chi connectivity index (χ3v) is 2.69. The molecule has 1 saturated heterocycles. The number of hydrogen-bond donors (Lipinski definition) is 1. The SMILES string of the molecule is NS(=O)(=O)N1CC(C(F)(F)F)C1. The Morgan fingerprint density at radius 2 is 1.75 bits per heavy atom. The molecule has 1 rings (SSSR count). The molecule has 0 unspecified atom stereocenters. The summed E-state index contributed by atoms with van der Waals surface area (Å²) in [4.78, 5) is 0. The van der Waals surface area contributed by atoms with Crippen molar-refractivity contribution in [2.24, 2.45) is 11.1 Å². The second-order valence-electron chi connectivity index (χ2n) is 2.60. The summed E-state index contributed by atoms with van der Waals surface area (Å²) in [6, 6.07) is 0. The summed E-state index contributed by atoms with van der Waals surface area (Å²) >= 11 is 0. The maximum atomic E-state index is 11.8. The summed E-state index contributed by atoms with van der Waals surface area (Å²) in [6.45, 7) is -1.11. The van der Waals surface area contributed by atoms with E-state index in [1.54, 1.807) is 0 Å². The van der Waals surface area contributed by atoms with Gasteiger partial charge in [-0.25, -0.2) is 5.14 Å². The zero-order chi connectivity index (χ0) is 9.57. The molecule has 4 nitrogen and oxygen atoms in total. The molecule has 1 aliphatic rings. The Morgan fingerprint density at radius 1 is 1.33 bits per heavy atom. The molecule has 2 N–H and O–H groups in total. The van der Waals surface area contributed by atoms with Gasteiger partial charge in [0.25, 0.3) is 10.2 Å². The lowest BCUT2D eigenvalue weighted by molar-refractivity contribution is -0.198. The summed E-state index contributed by atoms with van der Waals surface area (Å²) in [5.74, 6) is -1.56. The van der Waals surface area contributed by atoms with Gasteiger partial charge in [-0.15, -0.1) is 0 Å². The van der Waals surface area contributed by atoms with Gasteiger partial charge in [0, 0.05) is 13.1 Å². The summed E-state index contributed by atoms with van der Waals surface area (Å²) in [6.07, 6.45) is -4.32. The maximum Gasteiger partial charge on any atom is 0.394 e. The van der Waals surface area contributed by atoms with Gasteiger partial charge in [0.05, 0.1) is 5.92 Å². The lowest BCUT2D eigenvalue weighted by atomic mass is 10.0. The van der Waals surface area contributed by atoms with Crippen LogP contribution in [0.4, 0.5) is 13.2 Å². The van der Waals surface area contributed by atoms with E-state index in [0.717, 1.165) is 0 Å². The minimum Gasteiger partial charge on any atom is -0.216 e. The molecule has 0 amide bonds. The first-order valence-corrected chi connectivity index (χ1v) is 4.56. The van der Waals surface area contributed by atoms with Crippen molar-refractivity contribution in [2.75, 3.05) is 13.1 Å². The highest BCUT2D eigenvalue weighted by Gasteiger charge is 2.49. The minimum absolute atomic E-state index is 0.553. The lowest BCUT2D eigenvalue weighted by Gasteiger charge is -2.37. The number of rotatable bonds is 1. The smallest absolute Gasteiger partial charge is 0.216 e. The topological polar surface area (TPSA) is 63.4 Å². The van der Waals surface area contributed by atoms with Gasteiger partial charge in [0.1, 0.15) is 0 Å². The minimum atomic E-state index is -4.32. The molecule has 0 aromatic rings. The Kier molecular flexibility index (Phi) is 2.09. The molecule has 1 aliphatic heterocycles. The van der Waals surface area contributed by atoms with E-state index in [2.05, 4.69) is 5.14 Å². The third-order valence-electron chi connectivity index (χ3n) is 1.67. The van der Waals surface area contributed by atoms with Gasteiger partial charge in [-0.1, -0.05) is 0 Å². The van der Waals surface area contributed by atoms with Crippen LogP contribution in [0.15, 0.2) is 0 Å². The van der Waals surface area contributed by atoms with Gasteiger partial charge < -0.3 is 0 Å². The van der Waals surface area contributed by atoms with Gasteiger partial charge in [0.15, 0.2) is 0 Å². The third kappa shape index (κ3) is 1.87. The van der Waals surface area contributed by atoms with Crippen molar-refractivity contribution in [1.29, 1.82) is 0 Å². The molecule has 8 heteroatoms. The van der Waals surface area contributed by atoms with Crippen LogP contribution in [0, 0.1) is 5.92 Å². The van der Waals surface area contributed by atoms with Crippen molar-refractivity contribution < 1.29 is 21.6 Å². The van der Waals surface area contributed by atoms with Crippen molar-refractivity contribution in [3.63, 3.8) is 0 Å². The fourth-order valence-electron chi connectivity index (χ4n) is 0.853. The molecule has 0 aromatic heterocycles. The second-order valence-corrected chi connectivity index (χ2v) is 4.15. The molecular formula is C4H7F3N2O2S. The van der Waals surface area contributed by atoms with Gasteiger partial charge in [-0.3, -0.25) is 0 Å². The van der Waals surface area contributed by atoms with Crippen molar-refractivity contribution in [3.05, 3.63) is 0 Å². The Morgan fingerprint density at radius 3 is 2.00 bits per heavy atom. The van der Waals surface area contributed by atoms with E-state index >= 15 is 0 Å². The highest BCUT2D eigenvalue weighted by molar-refractivity contribution is 7.86. The Balaban J connectivity index is 2.50. The number of nitrogens with two attached hydrogens (primary N) is 1. The molecule has 1 fully saturated rings. The predicted octanol–water partition coefficient (Wildman–Crippen LogP) is -0.316. The highest BCUT2D eigenvalue weighted by Crippen LogP contribution is 2.33. The summed E-state index contributed by atoms with van der Waals surface area (Å²) < 4.78 is 56.8. The van der Waals surface area contributed by atoms with Crippen molar-refractivity contribution in [2.45, 2.75) is 6.18 Å². The molecule has 0 aromatic carbocycles. The van der Waals surface area contributed by atoms with Crippen LogP contribution in [-0.4, -0.2) is 32.0 Å². The number of nitrogens with zero attached hydrogens (tertiary/aromatic N) is 1. The second kappa shape index (κ2) is 2.57. The zero-order valence-corrected chi connectivity index (χ0v) is 6.69. The fourth-order valence-corrected chi connectivity index (χ4v) is 1.63. The molecular weight excluding hydrogens is 197 g/mol. The Bertz CT molecular complexity index is 267. The van der Waals surface area contributed by atoms with Crippen molar-refractivity contribution in [3.8, 4) is 0 Å². The Hall–Kier alpha value is -0.340. The van der Waals surface area contributed by atoms with Crippen LogP contribution in [0.1, 0.15) is 0 Å². The van der Waals surface area contributed by atoms with Crippen LogP contribution in [0.25, 0.3) is 0 Å². The standard InChI is InChI=1S/C4H7F3N2O2S/c5-4(6,7)3-1-9(2-3)12(8,10)11/h3H,1-2H2,(H2,8,10,11). The molecule has 0 bridgehead atoms. The van der Waals surface area contributed by atoms with E-state index in [1.165, 1.54) is 0 Å². The van der Waals surface area contributed by atoms with E-state index in [4.69, 9.17) is 0 Å². The van der Waals surface area contributed by atoms with Gasteiger partial charge in [-0.2, -0.15) is 25.9 Å².